The number of hydrogen-bond donors (Lipinski definition) is 1. The molecule has 0 heterocycles. The van der Waals surface area contributed by atoms with E-state index in [1.54, 1.807) is 12.1 Å². The molecule has 0 fully saturated rings. The van der Waals surface area contributed by atoms with Gasteiger partial charge in [-0.2, -0.15) is 4.31 Å². The minimum atomic E-state index is -3.84. The van der Waals surface area contributed by atoms with Crippen LogP contribution in [0.4, 0.5) is 0 Å². The highest BCUT2D eigenvalue weighted by Crippen LogP contribution is 2.20. The molecule has 0 saturated heterocycles. The van der Waals surface area contributed by atoms with E-state index >= 15 is 0 Å². The van der Waals surface area contributed by atoms with Crippen molar-refractivity contribution in [2.24, 2.45) is 0 Å². The van der Waals surface area contributed by atoms with Crippen molar-refractivity contribution in [2.75, 3.05) is 26.8 Å². The van der Waals surface area contributed by atoms with Gasteiger partial charge < -0.3 is 9.84 Å². The molecule has 0 unspecified atom stereocenters. The van der Waals surface area contributed by atoms with E-state index in [0.29, 0.717) is 5.92 Å². The molecule has 1 aromatic rings. The lowest BCUT2D eigenvalue weighted by Crippen LogP contribution is -2.37. The van der Waals surface area contributed by atoms with Gasteiger partial charge in [-0.05, 0) is 23.6 Å². The van der Waals surface area contributed by atoms with Crippen LogP contribution >= 0.6 is 0 Å². The Balaban J connectivity index is 3.06. The van der Waals surface area contributed by atoms with Gasteiger partial charge in [-0.3, -0.25) is 4.79 Å². The fraction of sp³-hybridized carbons (Fsp3) is 0.500. The Kier molecular flexibility index (Phi) is 6.32. The van der Waals surface area contributed by atoms with E-state index in [9.17, 15) is 13.2 Å². The lowest BCUT2D eigenvalue weighted by atomic mass is 10.0. The van der Waals surface area contributed by atoms with Crippen LogP contribution in [-0.2, 0) is 19.6 Å². The highest BCUT2D eigenvalue weighted by atomic mass is 32.2. The highest BCUT2D eigenvalue weighted by Gasteiger charge is 2.26. The molecule has 1 N–H and O–H groups in total. The van der Waals surface area contributed by atoms with Crippen molar-refractivity contribution in [1.29, 1.82) is 0 Å². The summed E-state index contributed by atoms with van der Waals surface area (Å²) in [5, 5.41) is 8.86. The molecule has 1 rings (SSSR count). The minimum absolute atomic E-state index is 0.00291. The SMILES string of the molecule is COCCN(CC(=O)O)S(=O)(=O)c1ccc(C(C)C)cc1. The molecule has 0 aliphatic heterocycles. The van der Waals surface area contributed by atoms with E-state index in [1.165, 1.54) is 19.2 Å². The number of aliphatic carboxylic acids is 1. The summed E-state index contributed by atoms with van der Waals surface area (Å²) in [6, 6.07) is 6.50. The van der Waals surface area contributed by atoms with Crippen molar-refractivity contribution in [3.05, 3.63) is 29.8 Å². The molecule has 0 radical (unpaired) electrons. The lowest BCUT2D eigenvalue weighted by molar-refractivity contribution is -0.137. The first-order valence-corrected chi connectivity index (χ1v) is 8.04. The first kappa shape index (κ1) is 17.6. The Bertz CT molecular complexity index is 566. The van der Waals surface area contributed by atoms with E-state index in [1.807, 2.05) is 13.8 Å². The van der Waals surface area contributed by atoms with E-state index in [4.69, 9.17) is 9.84 Å². The summed E-state index contributed by atoms with van der Waals surface area (Å²) >= 11 is 0. The van der Waals surface area contributed by atoms with E-state index in [0.717, 1.165) is 9.87 Å². The van der Waals surface area contributed by atoms with E-state index < -0.39 is 22.5 Å². The average Bonchev–Trinajstić information content (AvgIpc) is 2.43. The second kappa shape index (κ2) is 7.53. The Morgan fingerprint density at radius 1 is 1.29 bits per heavy atom. The third-order valence-electron chi connectivity index (χ3n) is 3.04. The predicted molar refractivity (Wildman–Crippen MR) is 78.8 cm³/mol. The quantitative estimate of drug-likeness (QED) is 0.786. The molecule has 1 aromatic carbocycles. The van der Waals surface area contributed by atoms with Crippen molar-refractivity contribution in [2.45, 2.75) is 24.7 Å². The number of benzene rings is 1. The molecule has 0 atom stereocenters. The van der Waals surface area contributed by atoms with Crippen LogP contribution in [0.5, 0.6) is 0 Å². The van der Waals surface area contributed by atoms with Crippen molar-refractivity contribution in [3.63, 3.8) is 0 Å². The summed E-state index contributed by atoms with van der Waals surface area (Å²) in [6.07, 6.45) is 0. The molecule has 0 aromatic heterocycles. The molecule has 0 spiro atoms. The van der Waals surface area contributed by atoms with Crippen molar-refractivity contribution in [1.82, 2.24) is 4.31 Å². The van der Waals surface area contributed by atoms with Gasteiger partial charge in [0.25, 0.3) is 0 Å². The second-order valence-corrected chi connectivity index (χ2v) is 6.89. The first-order valence-electron chi connectivity index (χ1n) is 6.60. The number of carboxylic acids is 1. The number of carbonyl (C=O) groups is 1. The molecule has 21 heavy (non-hydrogen) atoms. The molecule has 6 nitrogen and oxygen atoms in total. The zero-order valence-electron chi connectivity index (χ0n) is 12.4. The number of ether oxygens (including phenoxy) is 1. The topological polar surface area (TPSA) is 83.9 Å². The van der Waals surface area contributed by atoms with Crippen LogP contribution in [0.25, 0.3) is 0 Å². The molecule has 7 heteroatoms. The van der Waals surface area contributed by atoms with Crippen molar-refractivity contribution >= 4 is 16.0 Å². The molecule has 0 amide bonds. The molecule has 0 aliphatic rings. The monoisotopic (exact) mass is 315 g/mol. The van der Waals surface area contributed by atoms with Gasteiger partial charge in [0.1, 0.15) is 6.54 Å². The fourth-order valence-electron chi connectivity index (χ4n) is 1.80. The molecule has 0 bridgehead atoms. The summed E-state index contributed by atoms with van der Waals surface area (Å²) in [4.78, 5) is 10.9. The maximum Gasteiger partial charge on any atom is 0.318 e. The van der Waals surface area contributed by atoms with Crippen LogP contribution in [0.2, 0.25) is 0 Å². The molecular formula is C14H21NO5S. The number of rotatable bonds is 8. The number of sulfonamides is 1. The second-order valence-electron chi connectivity index (χ2n) is 4.95. The Labute approximate surface area is 125 Å². The van der Waals surface area contributed by atoms with Crippen molar-refractivity contribution in [3.8, 4) is 0 Å². The van der Waals surface area contributed by atoms with E-state index in [2.05, 4.69) is 0 Å². The fourth-order valence-corrected chi connectivity index (χ4v) is 3.18. The predicted octanol–water partition coefficient (Wildman–Crippen LogP) is 1.53. The van der Waals surface area contributed by atoms with Crippen molar-refractivity contribution < 1.29 is 23.1 Å². The summed E-state index contributed by atoms with van der Waals surface area (Å²) < 4.78 is 30.7. The number of hydrogen-bond acceptors (Lipinski definition) is 4. The Morgan fingerprint density at radius 3 is 2.29 bits per heavy atom. The Morgan fingerprint density at radius 2 is 1.86 bits per heavy atom. The average molecular weight is 315 g/mol. The van der Waals surface area contributed by atoms with Gasteiger partial charge in [0.05, 0.1) is 11.5 Å². The van der Waals surface area contributed by atoms with Crippen LogP contribution in [0.15, 0.2) is 29.2 Å². The van der Waals surface area contributed by atoms with E-state index in [-0.39, 0.29) is 18.0 Å². The zero-order valence-corrected chi connectivity index (χ0v) is 13.3. The normalized spacial score (nSPS) is 12.0. The van der Waals surface area contributed by atoms with Gasteiger partial charge in [0, 0.05) is 13.7 Å². The number of methoxy groups -OCH3 is 1. The molecule has 0 saturated carbocycles. The summed E-state index contributed by atoms with van der Waals surface area (Å²) in [5.41, 5.74) is 1.02. The maximum absolute atomic E-state index is 12.5. The van der Waals surface area contributed by atoms with Gasteiger partial charge in [0.15, 0.2) is 0 Å². The molecule has 118 valence electrons. The number of nitrogens with zero attached hydrogens (tertiary/aromatic N) is 1. The summed E-state index contributed by atoms with van der Waals surface area (Å²) in [7, 11) is -2.40. The standard InChI is InChI=1S/C14H21NO5S/c1-11(2)12-4-6-13(7-5-12)21(18,19)15(8-9-20-3)10-14(16)17/h4-7,11H,8-10H2,1-3H3,(H,16,17). The van der Waals surface area contributed by atoms with Gasteiger partial charge in [-0.25, -0.2) is 8.42 Å². The van der Waals surface area contributed by atoms with Crippen LogP contribution in [0.3, 0.4) is 0 Å². The zero-order chi connectivity index (χ0) is 16.0. The first-order chi connectivity index (χ1) is 9.78. The lowest BCUT2D eigenvalue weighted by Gasteiger charge is -2.20. The van der Waals surface area contributed by atoms with Crippen LogP contribution in [-0.4, -0.2) is 50.6 Å². The molecular weight excluding hydrogens is 294 g/mol. The molecule has 0 aliphatic carbocycles. The summed E-state index contributed by atoms with van der Waals surface area (Å²) in [6.45, 7) is 3.57. The highest BCUT2D eigenvalue weighted by molar-refractivity contribution is 7.89. The largest absolute Gasteiger partial charge is 0.480 e. The maximum atomic E-state index is 12.5. The Hall–Kier alpha value is -1.44. The minimum Gasteiger partial charge on any atom is -0.480 e. The van der Waals surface area contributed by atoms with Gasteiger partial charge in [-0.1, -0.05) is 26.0 Å². The summed E-state index contributed by atoms with van der Waals surface area (Å²) in [5.74, 6) is -0.904. The van der Waals surface area contributed by atoms with Crippen LogP contribution < -0.4 is 0 Å². The third-order valence-corrected chi connectivity index (χ3v) is 4.90. The van der Waals surface area contributed by atoms with Crippen LogP contribution in [0, 0.1) is 0 Å². The number of carboxylic acid groups (broad SMARTS) is 1. The van der Waals surface area contributed by atoms with Gasteiger partial charge >= 0.3 is 5.97 Å². The van der Waals surface area contributed by atoms with Gasteiger partial charge in [0.2, 0.25) is 10.0 Å². The third kappa shape index (κ3) is 4.80. The van der Waals surface area contributed by atoms with Gasteiger partial charge in [-0.15, -0.1) is 0 Å². The smallest absolute Gasteiger partial charge is 0.318 e. The van der Waals surface area contributed by atoms with Crippen LogP contribution in [0.1, 0.15) is 25.3 Å².